The van der Waals surface area contributed by atoms with Crippen LogP contribution in [0.25, 0.3) is 0 Å². The highest BCUT2D eigenvalue weighted by molar-refractivity contribution is 5.95. The topological polar surface area (TPSA) is 38.1 Å². The maximum absolute atomic E-state index is 12.9. The van der Waals surface area contributed by atoms with Gasteiger partial charge in [0.05, 0.1) is 11.8 Å². The van der Waals surface area contributed by atoms with E-state index in [4.69, 9.17) is 0 Å². The average molecular weight is 287 g/mol. The van der Waals surface area contributed by atoms with E-state index < -0.39 is 0 Å². The molecule has 0 bridgehead atoms. The molecule has 0 unspecified atom stereocenters. The van der Waals surface area contributed by atoms with Crippen LogP contribution in [0.3, 0.4) is 0 Å². The van der Waals surface area contributed by atoms with Gasteiger partial charge in [-0.2, -0.15) is 5.10 Å². The van der Waals surface area contributed by atoms with E-state index in [-0.39, 0.29) is 18.0 Å². The van der Waals surface area contributed by atoms with E-state index in [9.17, 15) is 4.79 Å². The highest BCUT2D eigenvalue weighted by atomic mass is 16.2. The fourth-order valence-corrected chi connectivity index (χ4v) is 2.96. The minimum Gasteiger partial charge on any atom is -0.329 e. The maximum atomic E-state index is 12.9. The molecule has 1 aliphatic rings. The number of rotatable bonds is 5. The molecule has 1 aliphatic heterocycles. The summed E-state index contributed by atoms with van der Waals surface area (Å²) >= 11 is 0. The van der Waals surface area contributed by atoms with Gasteiger partial charge in [0.1, 0.15) is 0 Å². The van der Waals surface area contributed by atoms with Crippen LogP contribution in [0.15, 0.2) is 31.0 Å². The van der Waals surface area contributed by atoms with E-state index in [1.54, 1.807) is 6.20 Å². The molecule has 114 valence electrons. The highest BCUT2D eigenvalue weighted by Crippen LogP contribution is 2.24. The molecular weight excluding hydrogens is 262 g/mol. The van der Waals surface area contributed by atoms with Crippen molar-refractivity contribution >= 4 is 5.91 Å². The fourth-order valence-electron chi connectivity index (χ4n) is 2.96. The predicted octanol–water partition coefficient (Wildman–Crippen LogP) is 3.34. The van der Waals surface area contributed by atoms with Gasteiger partial charge < -0.3 is 4.90 Å². The lowest BCUT2D eigenvalue weighted by Crippen LogP contribution is -2.47. The molecule has 0 fully saturated rings. The van der Waals surface area contributed by atoms with Gasteiger partial charge in [0.25, 0.3) is 5.91 Å². The summed E-state index contributed by atoms with van der Waals surface area (Å²) < 4.78 is 1.92. The molecule has 2 rings (SSSR count). The number of carbonyl (C=O) groups excluding carboxylic acids is 1. The molecule has 2 atom stereocenters. The van der Waals surface area contributed by atoms with Crippen LogP contribution < -0.4 is 0 Å². The molecule has 1 aromatic rings. The van der Waals surface area contributed by atoms with Gasteiger partial charge in [-0.05, 0) is 33.1 Å². The molecule has 0 N–H and O–H groups in total. The van der Waals surface area contributed by atoms with Crippen LogP contribution in [0.5, 0.6) is 0 Å². The summed E-state index contributed by atoms with van der Waals surface area (Å²) in [6.07, 6.45) is 10.6. The number of carbonyl (C=O) groups is 1. The van der Waals surface area contributed by atoms with Gasteiger partial charge in [-0.3, -0.25) is 9.48 Å². The first-order valence-corrected chi connectivity index (χ1v) is 7.72. The zero-order valence-corrected chi connectivity index (χ0v) is 13.2. The van der Waals surface area contributed by atoms with Crippen LogP contribution in [-0.2, 0) is 6.54 Å². The SMILES string of the molecule is C=CC[C@@H]1CC=C[C@@H](C)N1C(=O)c1cnn(CCC)c1C. The van der Waals surface area contributed by atoms with Crippen LogP contribution in [-0.4, -0.2) is 32.7 Å². The third-order valence-corrected chi connectivity index (χ3v) is 4.10. The van der Waals surface area contributed by atoms with Crippen molar-refractivity contribution in [2.24, 2.45) is 0 Å². The molecule has 1 amide bonds. The first kappa shape index (κ1) is 15.5. The molecule has 0 saturated heterocycles. The Hall–Kier alpha value is -1.84. The van der Waals surface area contributed by atoms with E-state index in [0.717, 1.165) is 37.1 Å². The predicted molar refractivity (Wildman–Crippen MR) is 85.2 cm³/mol. The molecule has 1 aromatic heterocycles. The second-order valence-corrected chi connectivity index (χ2v) is 5.66. The lowest BCUT2D eigenvalue weighted by atomic mass is 9.99. The van der Waals surface area contributed by atoms with Crippen molar-refractivity contribution in [1.82, 2.24) is 14.7 Å². The smallest absolute Gasteiger partial charge is 0.258 e. The van der Waals surface area contributed by atoms with Gasteiger partial charge in [-0.25, -0.2) is 0 Å². The number of amides is 1. The molecule has 0 aromatic carbocycles. The number of aryl methyl sites for hydroxylation is 1. The van der Waals surface area contributed by atoms with Crippen LogP contribution in [0.2, 0.25) is 0 Å². The Balaban J connectivity index is 2.28. The Morgan fingerprint density at radius 1 is 1.57 bits per heavy atom. The van der Waals surface area contributed by atoms with Gasteiger partial charge in [-0.1, -0.05) is 25.2 Å². The van der Waals surface area contributed by atoms with E-state index >= 15 is 0 Å². The zero-order valence-electron chi connectivity index (χ0n) is 13.2. The van der Waals surface area contributed by atoms with Crippen molar-refractivity contribution in [2.45, 2.75) is 58.7 Å². The lowest BCUT2D eigenvalue weighted by molar-refractivity contribution is 0.0621. The molecule has 21 heavy (non-hydrogen) atoms. The molecule has 4 nitrogen and oxygen atoms in total. The van der Waals surface area contributed by atoms with E-state index in [2.05, 4.69) is 37.7 Å². The quantitative estimate of drug-likeness (QED) is 0.779. The minimum absolute atomic E-state index is 0.0820. The van der Waals surface area contributed by atoms with Crippen molar-refractivity contribution < 1.29 is 4.79 Å². The van der Waals surface area contributed by atoms with Crippen molar-refractivity contribution in [3.05, 3.63) is 42.3 Å². The van der Waals surface area contributed by atoms with Crippen LogP contribution >= 0.6 is 0 Å². The third-order valence-electron chi connectivity index (χ3n) is 4.10. The average Bonchev–Trinajstić information content (AvgIpc) is 2.81. The van der Waals surface area contributed by atoms with Gasteiger partial charge in [0.2, 0.25) is 0 Å². The fraction of sp³-hybridized carbons (Fsp3) is 0.529. The molecule has 0 radical (unpaired) electrons. The second-order valence-electron chi connectivity index (χ2n) is 5.66. The van der Waals surface area contributed by atoms with Gasteiger partial charge in [0, 0.05) is 24.3 Å². The minimum atomic E-state index is 0.0820. The third kappa shape index (κ3) is 3.09. The van der Waals surface area contributed by atoms with Crippen molar-refractivity contribution in [1.29, 1.82) is 0 Å². The van der Waals surface area contributed by atoms with Crippen molar-refractivity contribution in [3.63, 3.8) is 0 Å². The summed E-state index contributed by atoms with van der Waals surface area (Å²) in [6, 6.07) is 0.314. The summed E-state index contributed by atoms with van der Waals surface area (Å²) in [6.45, 7) is 10.8. The number of aromatic nitrogens is 2. The Morgan fingerprint density at radius 3 is 3.00 bits per heavy atom. The van der Waals surface area contributed by atoms with Gasteiger partial charge in [-0.15, -0.1) is 6.58 Å². The normalized spacial score (nSPS) is 21.6. The van der Waals surface area contributed by atoms with Crippen LogP contribution in [0, 0.1) is 6.92 Å². The van der Waals surface area contributed by atoms with E-state index in [0.29, 0.717) is 0 Å². The summed E-state index contributed by atoms with van der Waals surface area (Å²) in [5.74, 6) is 0.0820. The van der Waals surface area contributed by atoms with Crippen LogP contribution in [0.4, 0.5) is 0 Å². The summed E-state index contributed by atoms with van der Waals surface area (Å²) in [5, 5.41) is 4.35. The molecule has 2 heterocycles. The molecule has 4 heteroatoms. The first-order chi connectivity index (χ1) is 10.1. The summed E-state index contributed by atoms with van der Waals surface area (Å²) in [5.41, 5.74) is 1.68. The Morgan fingerprint density at radius 2 is 2.33 bits per heavy atom. The lowest BCUT2D eigenvalue weighted by Gasteiger charge is -2.37. The molecule has 0 aliphatic carbocycles. The zero-order chi connectivity index (χ0) is 15.4. The van der Waals surface area contributed by atoms with Crippen molar-refractivity contribution in [3.8, 4) is 0 Å². The Kier molecular flexibility index (Phi) is 4.99. The van der Waals surface area contributed by atoms with Gasteiger partial charge in [0.15, 0.2) is 0 Å². The second kappa shape index (κ2) is 6.74. The Bertz CT molecular complexity index is 544. The van der Waals surface area contributed by atoms with E-state index in [1.807, 2.05) is 22.6 Å². The summed E-state index contributed by atoms with van der Waals surface area (Å²) in [7, 11) is 0. The van der Waals surface area contributed by atoms with Crippen molar-refractivity contribution in [2.75, 3.05) is 0 Å². The number of hydrogen-bond donors (Lipinski definition) is 0. The Labute approximate surface area is 127 Å². The van der Waals surface area contributed by atoms with Crippen LogP contribution in [0.1, 0.15) is 49.2 Å². The molecular formula is C17H25N3O. The standard InChI is InChI=1S/C17H25N3O/c1-5-8-15-10-7-9-13(3)20(15)17(21)16-12-18-19(11-6-2)14(16)4/h5,7,9,12-13,15H,1,6,8,10-11H2,2-4H3/t13-,15-/m1/s1. The monoisotopic (exact) mass is 287 g/mol. The molecule has 0 spiro atoms. The summed E-state index contributed by atoms with van der Waals surface area (Å²) in [4.78, 5) is 14.9. The largest absolute Gasteiger partial charge is 0.329 e. The highest BCUT2D eigenvalue weighted by Gasteiger charge is 2.30. The maximum Gasteiger partial charge on any atom is 0.258 e. The first-order valence-electron chi connectivity index (χ1n) is 7.72. The molecule has 0 saturated carbocycles. The van der Waals surface area contributed by atoms with E-state index in [1.165, 1.54) is 0 Å². The number of hydrogen-bond acceptors (Lipinski definition) is 2. The van der Waals surface area contributed by atoms with Gasteiger partial charge >= 0.3 is 0 Å². The number of nitrogens with zero attached hydrogens (tertiary/aromatic N) is 3.